The molecule has 5 nitrogen and oxygen atoms in total. The summed E-state index contributed by atoms with van der Waals surface area (Å²) in [5, 5.41) is 18.1. The minimum Gasteiger partial charge on any atom is -0.497 e. The molecule has 0 heterocycles. The summed E-state index contributed by atoms with van der Waals surface area (Å²) in [6, 6.07) is 0. The Morgan fingerprint density at radius 2 is 2.13 bits per heavy atom. The van der Waals surface area contributed by atoms with Crippen LogP contribution in [-0.4, -0.2) is 28.8 Å². The molecule has 0 aromatic rings. The number of ether oxygens (including phenoxy) is 2. The summed E-state index contributed by atoms with van der Waals surface area (Å²) < 4.78 is 9.25. The van der Waals surface area contributed by atoms with Gasteiger partial charge in [-0.05, 0) is 6.92 Å². The molecule has 15 heavy (non-hydrogen) atoms. The zero-order chi connectivity index (χ0) is 11.9. The summed E-state index contributed by atoms with van der Waals surface area (Å²) in [5.74, 6) is -3.27. The van der Waals surface area contributed by atoms with Gasteiger partial charge in [-0.25, -0.2) is 4.79 Å². The number of aliphatic hydroxyl groups is 2. The molecule has 0 rings (SSSR count). The minimum absolute atomic E-state index is 0.112. The highest BCUT2D eigenvalue weighted by atomic mass is 16.8. The largest absolute Gasteiger partial charge is 0.497 e. The summed E-state index contributed by atoms with van der Waals surface area (Å²) in [4.78, 5) is 11.2. The van der Waals surface area contributed by atoms with E-state index in [1.807, 2.05) is 0 Å². The third-order valence-electron chi connectivity index (χ3n) is 1.51. The van der Waals surface area contributed by atoms with Crippen LogP contribution in [0.2, 0.25) is 0 Å². The van der Waals surface area contributed by atoms with E-state index in [-0.39, 0.29) is 18.6 Å². The quantitative estimate of drug-likeness (QED) is 0.170. The van der Waals surface area contributed by atoms with Gasteiger partial charge in [-0.3, -0.25) is 0 Å². The maximum absolute atomic E-state index is 11.2. The van der Waals surface area contributed by atoms with E-state index in [1.54, 1.807) is 0 Å². The predicted molar refractivity (Wildman–Crippen MR) is 53.5 cm³/mol. The molecule has 0 atom stereocenters. The molecule has 0 bridgehead atoms. The lowest BCUT2D eigenvalue weighted by atomic mass is 10.3. The van der Waals surface area contributed by atoms with Crippen molar-refractivity contribution in [2.45, 2.75) is 26.2 Å². The molecule has 0 unspecified atom stereocenters. The molecule has 0 spiro atoms. The second-order valence-electron chi connectivity index (χ2n) is 2.91. The van der Waals surface area contributed by atoms with E-state index in [4.69, 9.17) is 14.9 Å². The number of hydrogen-bond acceptors (Lipinski definition) is 5. The van der Waals surface area contributed by atoms with Crippen molar-refractivity contribution in [3.63, 3.8) is 0 Å². The molecule has 0 radical (unpaired) electrons. The van der Waals surface area contributed by atoms with Crippen molar-refractivity contribution < 1.29 is 24.5 Å². The van der Waals surface area contributed by atoms with E-state index in [2.05, 4.69) is 11.3 Å². The van der Waals surface area contributed by atoms with Gasteiger partial charge in [-0.2, -0.15) is 0 Å². The van der Waals surface area contributed by atoms with Crippen molar-refractivity contribution in [1.82, 2.24) is 0 Å². The van der Waals surface area contributed by atoms with Gasteiger partial charge in [0, 0.05) is 6.42 Å². The lowest BCUT2D eigenvalue weighted by Gasteiger charge is -2.19. The molecule has 0 saturated carbocycles. The van der Waals surface area contributed by atoms with Gasteiger partial charge in [-0.1, -0.05) is 19.6 Å². The number of esters is 1. The molecule has 0 aliphatic rings. The molecule has 0 amide bonds. The Labute approximate surface area is 88.6 Å². The van der Waals surface area contributed by atoms with Gasteiger partial charge >= 0.3 is 11.9 Å². The van der Waals surface area contributed by atoms with Crippen molar-refractivity contribution in [2.24, 2.45) is 0 Å². The van der Waals surface area contributed by atoms with E-state index < -0.39 is 11.9 Å². The second-order valence-corrected chi connectivity index (χ2v) is 2.91. The van der Waals surface area contributed by atoms with Crippen molar-refractivity contribution >= 4 is 5.97 Å². The van der Waals surface area contributed by atoms with Crippen LogP contribution in [0.25, 0.3) is 0 Å². The zero-order valence-corrected chi connectivity index (χ0v) is 8.90. The molecule has 2 N–H and O–H groups in total. The Morgan fingerprint density at radius 3 is 2.60 bits per heavy atom. The standard InChI is InChI=1S/C10H16O5/c1-4-6-14-7-8(3)9(11)15-10(12,13)5-2/h4,7,12-13H,1,5-6H2,2-3H3. The Kier molecular flexibility index (Phi) is 5.66. The second kappa shape index (κ2) is 6.21. The first-order valence-corrected chi connectivity index (χ1v) is 4.50. The van der Waals surface area contributed by atoms with E-state index in [0.717, 1.165) is 0 Å². The normalized spacial score (nSPS) is 12.1. The molecule has 0 aliphatic heterocycles. The van der Waals surface area contributed by atoms with Crippen molar-refractivity contribution in [1.29, 1.82) is 0 Å². The number of carbonyl (C=O) groups excluding carboxylic acids is 1. The van der Waals surface area contributed by atoms with E-state index in [9.17, 15) is 4.79 Å². The minimum atomic E-state index is -2.43. The maximum atomic E-state index is 11.2. The van der Waals surface area contributed by atoms with Gasteiger partial charge in [0.15, 0.2) is 0 Å². The van der Waals surface area contributed by atoms with Crippen LogP contribution in [0.15, 0.2) is 24.5 Å². The van der Waals surface area contributed by atoms with Crippen LogP contribution in [0, 0.1) is 0 Å². The third-order valence-corrected chi connectivity index (χ3v) is 1.51. The summed E-state index contributed by atoms with van der Waals surface area (Å²) >= 11 is 0. The molecule has 0 aromatic carbocycles. The summed E-state index contributed by atoms with van der Waals surface area (Å²) in [6.45, 7) is 6.60. The first-order chi connectivity index (χ1) is 6.93. The Hall–Kier alpha value is -1.33. The summed E-state index contributed by atoms with van der Waals surface area (Å²) in [7, 11) is 0. The zero-order valence-electron chi connectivity index (χ0n) is 8.90. The van der Waals surface area contributed by atoms with Crippen LogP contribution in [0.5, 0.6) is 0 Å². The number of carbonyl (C=O) groups is 1. The van der Waals surface area contributed by atoms with Crippen LogP contribution in [0.1, 0.15) is 20.3 Å². The first kappa shape index (κ1) is 13.7. The number of hydrogen-bond donors (Lipinski definition) is 2. The predicted octanol–water partition coefficient (Wildman–Crippen LogP) is 0.684. The first-order valence-electron chi connectivity index (χ1n) is 4.50. The fraction of sp³-hybridized carbons (Fsp3) is 0.500. The van der Waals surface area contributed by atoms with Crippen molar-refractivity contribution in [3.8, 4) is 0 Å². The molecular formula is C10H16O5. The summed E-state index contributed by atoms with van der Waals surface area (Å²) in [6.07, 6.45) is 2.58. The van der Waals surface area contributed by atoms with Crippen LogP contribution in [0.3, 0.4) is 0 Å². The molecule has 0 aromatic heterocycles. The maximum Gasteiger partial charge on any atom is 0.341 e. The summed E-state index contributed by atoms with van der Waals surface area (Å²) in [5.41, 5.74) is 0.137. The van der Waals surface area contributed by atoms with Gasteiger partial charge in [0.2, 0.25) is 0 Å². The fourth-order valence-corrected chi connectivity index (χ4v) is 0.590. The highest BCUT2D eigenvalue weighted by Gasteiger charge is 2.26. The lowest BCUT2D eigenvalue weighted by molar-refractivity contribution is -0.318. The van der Waals surface area contributed by atoms with Crippen molar-refractivity contribution in [2.75, 3.05) is 6.61 Å². The Bertz CT molecular complexity index is 255. The van der Waals surface area contributed by atoms with Gasteiger partial charge in [0.1, 0.15) is 6.61 Å². The van der Waals surface area contributed by atoms with Gasteiger partial charge in [0.05, 0.1) is 11.8 Å². The van der Waals surface area contributed by atoms with Crippen LogP contribution >= 0.6 is 0 Å². The Morgan fingerprint density at radius 1 is 1.53 bits per heavy atom. The monoisotopic (exact) mass is 216 g/mol. The molecule has 0 fully saturated rings. The molecule has 5 heteroatoms. The van der Waals surface area contributed by atoms with Gasteiger partial charge < -0.3 is 19.7 Å². The average molecular weight is 216 g/mol. The smallest absolute Gasteiger partial charge is 0.341 e. The fourth-order valence-electron chi connectivity index (χ4n) is 0.590. The van der Waals surface area contributed by atoms with Crippen LogP contribution < -0.4 is 0 Å². The molecule has 86 valence electrons. The third kappa shape index (κ3) is 5.87. The SMILES string of the molecule is C=CCOC=C(C)C(=O)OC(O)(O)CC. The van der Waals surface area contributed by atoms with E-state index in [0.29, 0.717) is 0 Å². The highest BCUT2D eigenvalue weighted by Crippen LogP contribution is 2.10. The molecule has 0 aliphatic carbocycles. The molecular weight excluding hydrogens is 200 g/mol. The van der Waals surface area contributed by atoms with Crippen molar-refractivity contribution in [3.05, 3.63) is 24.5 Å². The average Bonchev–Trinajstić information content (AvgIpc) is 2.17. The van der Waals surface area contributed by atoms with E-state index in [1.165, 1.54) is 26.2 Å². The van der Waals surface area contributed by atoms with Crippen LogP contribution in [0.4, 0.5) is 0 Å². The lowest BCUT2D eigenvalue weighted by Crippen LogP contribution is -2.33. The van der Waals surface area contributed by atoms with E-state index >= 15 is 0 Å². The molecule has 0 saturated heterocycles. The Balaban J connectivity index is 4.20. The number of rotatable bonds is 6. The van der Waals surface area contributed by atoms with Crippen LogP contribution in [-0.2, 0) is 14.3 Å². The topological polar surface area (TPSA) is 76.0 Å². The van der Waals surface area contributed by atoms with Gasteiger partial charge in [0.25, 0.3) is 0 Å². The van der Waals surface area contributed by atoms with Gasteiger partial charge in [-0.15, -0.1) is 0 Å². The highest BCUT2D eigenvalue weighted by molar-refractivity contribution is 5.87.